The molecule has 2 aliphatic rings. The first kappa shape index (κ1) is 38.6. The number of alkyl carbamates (subject to hydrolysis) is 2. The fraction of sp³-hybridized carbons (Fsp3) is 0.357. The summed E-state index contributed by atoms with van der Waals surface area (Å²) in [5, 5.41) is 5.37. The Balaban J connectivity index is 1.02. The van der Waals surface area contributed by atoms with E-state index in [9.17, 15) is 19.2 Å². The maximum Gasteiger partial charge on any atom is 0.407 e. The summed E-state index contributed by atoms with van der Waals surface area (Å²) in [7, 11) is 2.55. The Hall–Kier alpha value is -6.69. The van der Waals surface area contributed by atoms with E-state index in [0.29, 0.717) is 41.6 Å². The summed E-state index contributed by atoms with van der Waals surface area (Å²) in [5.41, 5.74) is 5.22. The summed E-state index contributed by atoms with van der Waals surface area (Å²) >= 11 is 0. The van der Waals surface area contributed by atoms with Gasteiger partial charge in [-0.25, -0.2) is 19.6 Å². The largest absolute Gasteiger partial charge is 0.453 e. The van der Waals surface area contributed by atoms with Crippen LogP contribution in [0.3, 0.4) is 0 Å². The maximum absolute atomic E-state index is 13.9. The number of ether oxygens (including phenoxy) is 2. The number of fused-ring (bicyclic) bond motifs is 1. The number of carbonyl (C=O) groups is 4. The van der Waals surface area contributed by atoms with Gasteiger partial charge in [0.15, 0.2) is 0 Å². The minimum atomic E-state index is -0.895. The highest BCUT2D eigenvalue weighted by molar-refractivity contribution is 5.88. The molecule has 5 heterocycles. The SMILES string of the molecule is COC(=O)NC(C(=O)N1CCCC1c1nc2ccc(-c3ccc(C#Cc4cnc(C5CCCN5C(=O)C(NC(=O)OC)C(C)C)[nH]4)cn3)cc2[nH]1)c1ccccc1. The van der Waals surface area contributed by atoms with E-state index < -0.39 is 24.3 Å². The first-order valence-corrected chi connectivity index (χ1v) is 19.0. The molecule has 2 aliphatic heterocycles. The molecule has 0 aliphatic carbocycles. The standard InChI is InChI=1S/C42H45N9O6/c1-25(2)35(48-41(54)56-3)39(52)50-20-8-12-33(50)37-44-24-29(45-37)17-14-26-15-18-30(43-23-26)28-16-19-31-32(22-28)47-38(46-31)34-13-9-21-51(34)40(53)36(49-42(55)57-4)27-10-6-5-7-11-27/h5-7,10-11,15-16,18-19,22-25,33-36H,8-9,12-13,20-21H2,1-4H3,(H,44,45)(H,46,47)(H,48,54)(H,49,55). The van der Waals surface area contributed by atoms with Crippen LogP contribution in [0.25, 0.3) is 22.3 Å². The lowest BCUT2D eigenvalue weighted by atomic mass is 10.0. The second-order valence-electron chi connectivity index (χ2n) is 14.4. The van der Waals surface area contributed by atoms with Gasteiger partial charge in [-0.15, -0.1) is 0 Å². The lowest BCUT2D eigenvalue weighted by molar-refractivity contribution is -0.135. The Morgan fingerprint density at radius 2 is 1.49 bits per heavy atom. The van der Waals surface area contributed by atoms with E-state index in [2.05, 4.69) is 42.4 Å². The highest BCUT2D eigenvalue weighted by Crippen LogP contribution is 2.35. The summed E-state index contributed by atoms with van der Waals surface area (Å²) in [5.74, 6) is 7.08. The predicted molar refractivity (Wildman–Crippen MR) is 210 cm³/mol. The number of amides is 4. The highest BCUT2D eigenvalue weighted by Gasteiger charge is 2.38. The minimum Gasteiger partial charge on any atom is -0.453 e. The molecule has 0 bridgehead atoms. The van der Waals surface area contributed by atoms with Gasteiger partial charge in [0.2, 0.25) is 5.91 Å². The number of pyridine rings is 1. The van der Waals surface area contributed by atoms with Gasteiger partial charge in [-0.3, -0.25) is 14.6 Å². The van der Waals surface area contributed by atoms with Gasteiger partial charge in [0, 0.05) is 30.4 Å². The smallest absolute Gasteiger partial charge is 0.407 e. The number of nitrogens with one attached hydrogen (secondary N) is 4. The number of imidazole rings is 2. The zero-order valence-corrected chi connectivity index (χ0v) is 32.2. The van der Waals surface area contributed by atoms with Gasteiger partial charge in [-0.05, 0) is 67.4 Å². The van der Waals surface area contributed by atoms with E-state index in [-0.39, 0.29) is 29.8 Å². The Morgan fingerprint density at radius 1 is 0.789 bits per heavy atom. The molecule has 4 amide bonds. The number of likely N-dealkylation sites (tertiary alicyclic amines) is 2. The van der Waals surface area contributed by atoms with E-state index in [1.165, 1.54) is 14.2 Å². The van der Waals surface area contributed by atoms with Crippen LogP contribution in [0.1, 0.15) is 86.1 Å². The molecule has 4 N–H and O–H groups in total. The summed E-state index contributed by atoms with van der Waals surface area (Å²) in [6.07, 6.45) is 5.15. The number of hydrogen-bond donors (Lipinski definition) is 4. The van der Waals surface area contributed by atoms with Gasteiger partial charge in [0.1, 0.15) is 29.4 Å². The lowest BCUT2D eigenvalue weighted by Gasteiger charge is -2.29. The molecule has 4 atom stereocenters. The molecule has 2 fully saturated rings. The van der Waals surface area contributed by atoms with E-state index in [0.717, 1.165) is 48.0 Å². The predicted octanol–water partition coefficient (Wildman–Crippen LogP) is 5.55. The molecule has 0 spiro atoms. The minimum absolute atomic E-state index is 0.122. The van der Waals surface area contributed by atoms with Crippen molar-refractivity contribution in [2.24, 2.45) is 5.92 Å². The molecule has 2 aromatic carbocycles. The van der Waals surface area contributed by atoms with Crippen LogP contribution < -0.4 is 10.6 Å². The molecule has 2 saturated heterocycles. The molecule has 7 rings (SSSR count). The quantitative estimate of drug-likeness (QED) is 0.139. The summed E-state index contributed by atoms with van der Waals surface area (Å²) in [6.45, 7) is 4.87. The molecule has 0 radical (unpaired) electrons. The Kier molecular flexibility index (Phi) is 11.5. The first-order valence-electron chi connectivity index (χ1n) is 19.0. The topological polar surface area (TPSA) is 188 Å². The molecular formula is C42H45N9O6. The number of H-pyrrole nitrogens is 2. The number of hydrogen-bond acceptors (Lipinski definition) is 9. The molecule has 57 heavy (non-hydrogen) atoms. The summed E-state index contributed by atoms with van der Waals surface area (Å²) < 4.78 is 9.56. The molecule has 294 valence electrons. The summed E-state index contributed by atoms with van der Waals surface area (Å²) in [4.78, 5) is 75.8. The second kappa shape index (κ2) is 17.0. The number of nitrogens with zero attached hydrogens (tertiary/aromatic N) is 5. The third-order valence-corrected chi connectivity index (χ3v) is 10.4. The van der Waals surface area contributed by atoms with E-state index in [1.54, 1.807) is 22.2 Å². The van der Waals surface area contributed by atoms with E-state index >= 15 is 0 Å². The fourth-order valence-corrected chi connectivity index (χ4v) is 7.48. The summed E-state index contributed by atoms with van der Waals surface area (Å²) in [6, 6.07) is 16.7. The number of benzene rings is 2. The zero-order valence-electron chi connectivity index (χ0n) is 32.2. The number of rotatable bonds is 9. The van der Waals surface area contributed by atoms with Crippen molar-refractivity contribution in [2.45, 2.75) is 63.7 Å². The number of aromatic amines is 2. The van der Waals surface area contributed by atoms with Crippen LogP contribution in [-0.4, -0.2) is 92.1 Å². The van der Waals surface area contributed by atoms with Gasteiger partial charge in [0.25, 0.3) is 5.91 Å². The molecule has 3 aromatic heterocycles. The fourth-order valence-electron chi connectivity index (χ4n) is 7.48. The van der Waals surface area contributed by atoms with Crippen molar-refractivity contribution in [3.8, 4) is 23.1 Å². The van der Waals surface area contributed by atoms with Gasteiger partial charge >= 0.3 is 12.2 Å². The second-order valence-corrected chi connectivity index (χ2v) is 14.4. The third kappa shape index (κ3) is 8.45. The third-order valence-electron chi connectivity index (χ3n) is 10.4. The van der Waals surface area contributed by atoms with Crippen molar-refractivity contribution >= 4 is 35.0 Å². The zero-order chi connectivity index (χ0) is 40.1. The van der Waals surface area contributed by atoms with Gasteiger partial charge in [-0.2, -0.15) is 0 Å². The average molecular weight is 772 g/mol. The highest BCUT2D eigenvalue weighted by atomic mass is 16.5. The van der Waals surface area contributed by atoms with Crippen molar-refractivity contribution in [1.82, 2.24) is 45.4 Å². The Bertz CT molecular complexity index is 2310. The van der Waals surface area contributed by atoms with Gasteiger partial charge in [0.05, 0.1) is 49.2 Å². The van der Waals surface area contributed by atoms with Crippen molar-refractivity contribution in [3.05, 3.63) is 102 Å². The Morgan fingerprint density at radius 3 is 2.18 bits per heavy atom. The molecular weight excluding hydrogens is 727 g/mol. The number of methoxy groups -OCH3 is 2. The molecule has 15 nitrogen and oxygen atoms in total. The van der Waals surface area contributed by atoms with E-state index in [1.807, 2.05) is 74.5 Å². The van der Waals surface area contributed by atoms with Crippen LogP contribution in [0.5, 0.6) is 0 Å². The van der Waals surface area contributed by atoms with Crippen molar-refractivity contribution in [3.63, 3.8) is 0 Å². The van der Waals surface area contributed by atoms with Crippen LogP contribution >= 0.6 is 0 Å². The van der Waals surface area contributed by atoms with Gasteiger partial charge in [-0.1, -0.05) is 56.2 Å². The first-order chi connectivity index (χ1) is 27.6. The normalized spacial score (nSPS) is 17.5. The van der Waals surface area contributed by atoms with Crippen molar-refractivity contribution in [1.29, 1.82) is 0 Å². The van der Waals surface area contributed by atoms with Crippen LogP contribution in [0.15, 0.2) is 73.1 Å². The van der Waals surface area contributed by atoms with Crippen molar-refractivity contribution < 1.29 is 28.7 Å². The van der Waals surface area contributed by atoms with Crippen LogP contribution in [0.4, 0.5) is 9.59 Å². The lowest BCUT2D eigenvalue weighted by Crippen LogP contribution is -2.51. The number of carbonyl (C=O) groups excluding carboxylic acids is 4. The van der Waals surface area contributed by atoms with E-state index in [4.69, 9.17) is 14.5 Å². The molecule has 0 saturated carbocycles. The Labute approximate surface area is 330 Å². The van der Waals surface area contributed by atoms with Crippen LogP contribution in [0.2, 0.25) is 0 Å². The maximum atomic E-state index is 13.9. The van der Waals surface area contributed by atoms with Crippen LogP contribution in [-0.2, 0) is 19.1 Å². The molecule has 5 aromatic rings. The molecule has 15 heteroatoms. The van der Waals surface area contributed by atoms with Gasteiger partial charge < -0.3 is 39.9 Å². The monoisotopic (exact) mass is 771 g/mol. The molecule has 4 unspecified atom stereocenters. The van der Waals surface area contributed by atoms with Crippen molar-refractivity contribution in [2.75, 3.05) is 27.3 Å². The van der Waals surface area contributed by atoms with Crippen LogP contribution in [0, 0.1) is 17.8 Å². The average Bonchev–Trinajstić information content (AvgIpc) is 4.07. The number of aromatic nitrogens is 5.